The molecule has 3 fully saturated rings. The molecule has 2 saturated carbocycles. The Hall–Kier alpha value is -5.16. The summed E-state index contributed by atoms with van der Waals surface area (Å²) in [4.78, 5) is 59.5. The number of aromatic nitrogens is 3. The van der Waals surface area contributed by atoms with Crippen LogP contribution in [0.1, 0.15) is 100 Å². The maximum atomic E-state index is 15.0. The Balaban J connectivity index is 1.07. The van der Waals surface area contributed by atoms with Gasteiger partial charge in [0.2, 0.25) is 27.4 Å². The van der Waals surface area contributed by atoms with E-state index < -0.39 is 56.4 Å². The van der Waals surface area contributed by atoms with Crippen molar-refractivity contribution in [3.05, 3.63) is 82.3 Å². The van der Waals surface area contributed by atoms with E-state index in [-0.39, 0.29) is 60.2 Å². The molecular formula is C46H48F3N5O7S2. The number of sulfonamides is 1. The van der Waals surface area contributed by atoms with Gasteiger partial charge < -0.3 is 14.1 Å². The van der Waals surface area contributed by atoms with Crippen LogP contribution in [0, 0.1) is 17.3 Å². The first-order chi connectivity index (χ1) is 30.1. The predicted octanol–water partition coefficient (Wildman–Crippen LogP) is 8.94. The first-order valence-corrected chi connectivity index (χ1v) is 24.1. The number of carbonyl (C=O) groups excluding carboxylic acids is 3. The number of benzene rings is 2. The molecule has 0 bridgehead atoms. The van der Waals surface area contributed by atoms with E-state index in [0.717, 1.165) is 48.5 Å². The summed E-state index contributed by atoms with van der Waals surface area (Å²) in [5.41, 5.74) is 0.167. The standard InChI is InChI=1S/C46H48F3N5O7S2/c1-26(2)34-25-62-38(50-34)20-28-10-6-4-3-5-7-11-30-22-45(30,44(57)53-63(58,59)32-18-19-32)23-36(55)35-21-31(24-54(35)43(28)56)60-42-40-39(33-12-8-9-13-37(33)61-40)51-41(52-42)27-14-16-29(17-15-27)46(47,48)49/h7-9,11-17,25-26,28,30-32,35H,3-6,10,18-24H2,1-2H3,(H,53,57)/b11-7-/t28-,30-,31-,35+,45-/m1/s1. The van der Waals surface area contributed by atoms with E-state index in [1.807, 2.05) is 17.5 Å². The van der Waals surface area contributed by atoms with Crippen LogP contribution in [0.5, 0.6) is 5.88 Å². The molecular weight excluding hydrogens is 856 g/mol. The third-order valence-corrected chi connectivity index (χ3v) is 15.6. The van der Waals surface area contributed by atoms with Gasteiger partial charge in [0.15, 0.2) is 11.6 Å². The number of furan rings is 1. The van der Waals surface area contributed by atoms with Gasteiger partial charge in [-0.15, -0.1) is 11.3 Å². The number of ether oxygens (including phenoxy) is 1. The lowest BCUT2D eigenvalue weighted by atomic mass is 9.90. The summed E-state index contributed by atoms with van der Waals surface area (Å²) < 4.78 is 81.7. The number of thiazole rings is 1. The zero-order chi connectivity index (χ0) is 44.3. The molecule has 5 aromatic rings. The fourth-order valence-corrected chi connectivity index (χ4v) is 11.4. The van der Waals surface area contributed by atoms with Gasteiger partial charge in [0, 0.05) is 41.5 Å². The molecule has 5 heterocycles. The number of fused-ring (bicyclic) bond motifs is 5. The lowest BCUT2D eigenvalue weighted by Crippen LogP contribution is -2.46. The Morgan fingerprint density at radius 3 is 2.54 bits per heavy atom. The van der Waals surface area contributed by atoms with Gasteiger partial charge >= 0.3 is 6.18 Å². The third-order valence-electron chi connectivity index (χ3n) is 12.9. The molecule has 3 aromatic heterocycles. The Kier molecular flexibility index (Phi) is 11.5. The minimum Gasteiger partial charge on any atom is -0.470 e. The first-order valence-electron chi connectivity index (χ1n) is 21.6. The van der Waals surface area contributed by atoms with Crippen LogP contribution in [0.15, 0.2) is 70.5 Å². The van der Waals surface area contributed by atoms with Crippen LogP contribution < -0.4 is 9.46 Å². The maximum Gasteiger partial charge on any atom is 0.416 e. The van der Waals surface area contributed by atoms with Crippen LogP contribution in [-0.2, 0) is 37.0 Å². The molecule has 1 saturated heterocycles. The van der Waals surface area contributed by atoms with E-state index in [2.05, 4.69) is 23.6 Å². The van der Waals surface area contributed by atoms with Crippen LogP contribution in [-0.4, -0.2) is 69.8 Å². The molecule has 0 unspecified atom stereocenters. The Bertz CT molecular complexity index is 2710. The van der Waals surface area contributed by atoms with E-state index in [0.29, 0.717) is 54.2 Å². The minimum atomic E-state index is -4.54. The molecule has 12 nitrogen and oxygen atoms in total. The number of allylic oxidation sites excluding steroid dienone is 2. The number of hydrogen-bond donors (Lipinski definition) is 1. The molecule has 4 aliphatic rings. The van der Waals surface area contributed by atoms with Crippen molar-refractivity contribution in [2.24, 2.45) is 17.3 Å². The summed E-state index contributed by atoms with van der Waals surface area (Å²) in [6.07, 6.45) is 3.77. The molecule has 2 aromatic carbocycles. The average molecular weight is 904 g/mol. The van der Waals surface area contributed by atoms with Gasteiger partial charge in [0.1, 0.15) is 17.2 Å². The van der Waals surface area contributed by atoms with Gasteiger partial charge in [-0.05, 0) is 74.6 Å². The smallest absolute Gasteiger partial charge is 0.416 e. The van der Waals surface area contributed by atoms with Crippen molar-refractivity contribution in [1.82, 2.24) is 24.6 Å². The van der Waals surface area contributed by atoms with Gasteiger partial charge in [-0.2, -0.15) is 18.2 Å². The number of ketones is 1. The number of alkyl halides is 3. The molecule has 0 radical (unpaired) electrons. The lowest BCUT2D eigenvalue weighted by Gasteiger charge is -2.29. The highest BCUT2D eigenvalue weighted by Gasteiger charge is 2.61. The summed E-state index contributed by atoms with van der Waals surface area (Å²) in [6.45, 7) is 4.11. The molecule has 0 spiro atoms. The monoisotopic (exact) mass is 903 g/mol. The highest BCUT2D eigenvalue weighted by Crippen LogP contribution is 2.57. The number of nitrogens with one attached hydrogen (secondary N) is 1. The minimum absolute atomic E-state index is 0.00665. The number of carbonyl (C=O) groups is 3. The van der Waals surface area contributed by atoms with E-state index in [1.165, 1.54) is 23.5 Å². The Morgan fingerprint density at radius 2 is 1.81 bits per heavy atom. The molecule has 2 amide bonds. The Morgan fingerprint density at radius 1 is 1.03 bits per heavy atom. The van der Waals surface area contributed by atoms with E-state index >= 15 is 0 Å². The number of hydrogen-bond acceptors (Lipinski definition) is 11. The van der Waals surface area contributed by atoms with Gasteiger partial charge in [-0.1, -0.05) is 63.1 Å². The summed E-state index contributed by atoms with van der Waals surface area (Å²) in [7, 11) is -3.90. The second kappa shape index (κ2) is 16.8. The summed E-state index contributed by atoms with van der Waals surface area (Å²) in [6, 6.07) is 10.6. The Labute approximate surface area is 366 Å². The number of halogens is 3. The van der Waals surface area contributed by atoms with Crippen LogP contribution in [0.4, 0.5) is 13.2 Å². The molecule has 5 atom stereocenters. The van der Waals surface area contributed by atoms with Crippen molar-refractivity contribution in [2.45, 2.75) is 114 Å². The number of Topliss-reactive ketones (excluding diaryl/α,β-unsaturated/α-hetero) is 1. The fraction of sp³-hybridized carbons (Fsp3) is 0.478. The predicted molar refractivity (Wildman–Crippen MR) is 230 cm³/mol. The maximum absolute atomic E-state index is 15.0. The van der Waals surface area contributed by atoms with Crippen molar-refractivity contribution in [1.29, 1.82) is 0 Å². The van der Waals surface area contributed by atoms with Crippen LogP contribution in [0.3, 0.4) is 0 Å². The first kappa shape index (κ1) is 43.1. The highest BCUT2D eigenvalue weighted by atomic mass is 32.2. The molecule has 1 N–H and O–H groups in total. The zero-order valence-electron chi connectivity index (χ0n) is 34.9. The van der Waals surface area contributed by atoms with Crippen molar-refractivity contribution in [3.63, 3.8) is 0 Å². The van der Waals surface area contributed by atoms with E-state index in [4.69, 9.17) is 19.1 Å². The van der Waals surface area contributed by atoms with Crippen molar-refractivity contribution >= 4 is 61.0 Å². The fourth-order valence-electron chi connectivity index (χ4n) is 8.96. The number of para-hydroxylation sites is 1. The normalized spacial score (nSPS) is 25.4. The zero-order valence-corrected chi connectivity index (χ0v) is 36.5. The van der Waals surface area contributed by atoms with Crippen LogP contribution >= 0.6 is 11.3 Å². The second-order valence-corrected chi connectivity index (χ2v) is 20.7. The number of rotatable bonds is 9. The van der Waals surface area contributed by atoms with Gasteiger partial charge in [-0.3, -0.25) is 19.1 Å². The average Bonchev–Trinajstić information content (AvgIpc) is 4.07. The third kappa shape index (κ3) is 8.87. The van der Waals surface area contributed by atoms with Gasteiger partial charge in [0.25, 0.3) is 5.88 Å². The molecule has 332 valence electrons. The topological polar surface area (TPSA) is 162 Å². The van der Waals surface area contributed by atoms with E-state index in [9.17, 15) is 36.0 Å². The second-order valence-electron chi connectivity index (χ2n) is 17.8. The molecule has 2 aliphatic heterocycles. The van der Waals surface area contributed by atoms with Crippen LogP contribution in [0.2, 0.25) is 0 Å². The quantitative estimate of drug-likeness (QED) is 0.141. The summed E-state index contributed by atoms with van der Waals surface area (Å²) >= 11 is 1.51. The lowest BCUT2D eigenvalue weighted by molar-refractivity contribution is -0.142. The summed E-state index contributed by atoms with van der Waals surface area (Å²) in [5, 5.41) is 2.83. The largest absolute Gasteiger partial charge is 0.470 e. The molecule has 2 aliphatic carbocycles. The van der Waals surface area contributed by atoms with Crippen LogP contribution in [0.25, 0.3) is 33.5 Å². The van der Waals surface area contributed by atoms with Crippen molar-refractivity contribution < 1.29 is 45.1 Å². The van der Waals surface area contributed by atoms with E-state index in [1.54, 1.807) is 29.2 Å². The van der Waals surface area contributed by atoms with Crippen molar-refractivity contribution in [3.8, 4) is 17.3 Å². The molecule has 9 rings (SSSR count). The molecule has 63 heavy (non-hydrogen) atoms. The van der Waals surface area contributed by atoms with Crippen molar-refractivity contribution in [2.75, 3.05) is 6.54 Å². The number of nitrogens with zero attached hydrogens (tertiary/aromatic N) is 4. The molecule has 17 heteroatoms. The highest BCUT2D eigenvalue weighted by molar-refractivity contribution is 7.90. The van der Waals surface area contributed by atoms with Gasteiger partial charge in [0.05, 0.1) is 39.5 Å². The summed E-state index contributed by atoms with van der Waals surface area (Å²) in [5.74, 6) is -1.88. The number of amides is 2. The SMILES string of the molecule is CC(C)c1csc(C[C@H]2CCCCC/C=C\[C@@H]3C[C@@]3(C(=O)NS(=O)(=O)C3CC3)CC(=O)[C@@H]3C[C@@H](Oc4nc(-c5ccc(C(F)(F)F)cc5)nc5c4oc4ccccc45)CN3C2=O)n1. The van der Waals surface area contributed by atoms with Gasteiger partial charge in [-0.25, -0.2) is 18.4 Å².